The topological polar surface area (TPSA) is 54.9 Å². The predicted molar refractivity (Wildman–Crippen MR) is 95.1 cm³/mol. The molecule has 120 valence electrons. The number of aromatic nitrogens is 2. The van der Waals surface area contributed by atoms with Gasteiger partial charge < -0.3 is 5.32 Å². The van der Waals surface area contributed by atoms with E-state index in [1.165, 1.54) is 0 Å². The minimum atomic E-state index is -0.224. The van der Waals surface area contributed by atoms with Crippen molar-refractivity contribution in [2.24, 2.45) is 0 Å². The maximum absolute atomic E-state index is 12.3. The van der Waals surface area contributed by atoms with Gasteiger partial charge in [-0.1, -0.05) is 29.3 Å². The third kappa shape index (κ3) is 3.72. The Morgan fingerprint density at radius 2 is 1.79 bits per heavy atom. The van der Waals surface area contributed by atoms with Crippen LogP contribution >= 0.6 is 23.2 Å². The molecule has 0 fully saturated rings. The molecular formula is C18H13Cl2N3O. The number of carbonyl (C=O) groups excluding carboxylic acids is 1. The van der Waals surface area contributed by atoms with Gasteiger partial charge in [-0.25, -0.2) is 0 Å². The largest absolute Gasteiger partial charge is 0.348 e. The number of pyridine rings is 2. The zero-order chi connectivity index (χ0) is 16.9. The van der Waals surface area contributed by atoms with E-state index in [1.807, 2.05) is 24.3 Å². The van der Waals surface area contributed by atoms with Crippen LogP contribution in [-0.4, -0.2) is 15.9 Å². The van der Waals surface area contributed by atoms with E-state index in [0.717, 1.165) is 16.8 Å². The fraction of sp³-hybridized carbons (Fsp3) is 0.0556. The van der Waals surface area contributed by atoms with Gasteiger partial charge in [-0.05, 0) is 42.0 Å². The number of amides is 1. The maximum Gasteiger partial charge on any atom is 0.251 e. The van der Waals surface area contributed by atoms with E-state index in [1.54, 1.807) is 36.8 Å². The second-order valence-electron chi connectivity index (χ2n) is 5.06. The summed E-state index contributed by atoms with van der Waals surface area (Å²) in [5.41, 5.74) is 3.13. The molecule has 0 aliphatic rings. The lowest BCUT2D eigenvalue weighted by Crippen LogP contribution is -2.23. The molecule has 0 radical (unpaired) electrons. The number of hydrogen-bond acceptors (Lipinski definition) is 3. The average Bonchev–Trinajstić information content (AvgIpc) is 2.63. The summed E-state index contributed by atoms with van der Waals surface area (Å²) in [6, 6.07) is 12.3. The number of carbonyl (C=O) groups is 1. The standard InChI is InChI=1S/C18H13Cl2N3O/c19-15-4-3-13(10-16(15)20)18(24)23-11-14-2-1-7-22-17(14)12-5-8-21-9-6-12/h1-10H,11H2,(H,23,24). The molecule has 1 aromatic carbocycles. The van der Waals surface area contributed by atoms with Crippen LogP contribution in [-0.2, 0) is 6.54 Å². The summed E-state index contributed by atoms with van der Waals surface area (Å²) in [5.74, 6) is -0.224. The first-order chi connectivity index (χ1) is 11.6. The van der Waals surface area contributed by atoms with Gasteiger partial charge in [-0.2, -0.15) is 0 Å². The fourth-order valence-corrected chi connectivity index (χ4v) is 2.56. The van der Waals surface area contributed by atoms with Gasteiger partial charge in [0.1, 0.15) is 0 Å². The van der Waals surface area contributed by atoms with Crippen molar-refractivity contribution in [3.63, 3.8) is 0 Å². The first-order valence-corrected chi connectivity index (χ1v) is 7.98. The molecule has 0 unspecified atom stereocenters. The van der Waals surface area contributed by atoms with E-state index < -0.39 is 0 Å². The second kappa shape index (κ2) is 7.43. The second-order valence-corrected chi connectivity index (χ2v) is 5.87. The lowest BCUT2D eigenvalue weighted by Gasteiger charge is -2.10. The fourth-order valence-electron chi connectivity index (χ4n) is 2.27. The minimum absolute atomic E-state index is 0.224. The molecule has 4 nitrogen and oxygen atoms in total. The SMILES string of the molecule is O=C(NCc1cccnc1-c1ccncc1)c1ccc(Cl)c(Cl)c1. The first-order valence-electron chi connectivity index (χ1n) is 7.22. The summed E-state index contributed by atoms with van der Waals surface area (Å²) in [7, 11) is 0. The molecule has 3 aromatic rings. The number of halogens is 2. The molecule has 2 heterocycles. The Hall–Kier alpha value is -2.43. The lowest BCUT2D eigenvalue weighted by atomic mass is 10.1. The molecule has 24 heavy (non-hydrogen) atoms. The molecule has 3 rings (SSSR count). The minimum Gasteiger partial charge on any atom is -0.348 e. The first kappa shape index (κ1) is 16.4. The maximum atomic E-state index is 12.3. The van der Waals surface area contributed by atoms with Gasteiger partial charge in [0, 0.05) is 36.3 Å². The van der Waals surface area contributed by atoms with Crippen molar-refractivity contribution in [2.45, 2.75) is 6.54 Å². The molecule has 0 aliphatic heterocycles. The van der Waals surface area contributed by atoms with Gasteiger partial charge in [-0.15, -0.1) is 0 Å². The Morgan fingerprint density at radius 3 is 2.54 bits per heavy atom. The van der Waals surface area contributed by atoms with Crippen molar-refractivity contribution in [2.75, 3.05) is 0 Å². The average molecular weight is 358 g/mol. The summed E-state index contributed by atoms with van der Waals surface area (Å²) >= 11 is 11.8. The lowest BCUT2D eigenvalue weighted by molar-refractivity contribution is 0.0951. The summed E-state index contributed by atoms with van der Waals surface area (Å²) in [4.78, 5) is 20.7. The van der Waals surface area contributed by atoms with Crippen LogP contribution in [0.25, 0.3) is 11.3 Å². The van der Waals surface area contributed by atoms with E-state index in [-0.39, 0.29) is 5.91 Å². The van der Waals surface area contributed by atoms with Crippen LogP contribution < -0.4 is 5.32 Å². The Labute approximate surface area is 149 Å². The molecule has 2 aromatic heterocycles. The van der Waals surface area contributed by atoms with Gasteiger partial charge in [-0.3, -0.25) is 14.8 Å². The Morgan fingerprint density at radius 1 is 1.00 bits per heavy atom. The quantitative estimate of drug-likeness (QED) is 0.753. The zero-order valence-electron chi connectivity index (χ0n) is 12.5. The number of hydrogen-bond donors (Lipinski definition) is 1. The van der Waals surface area contributed by atoms with Crippen LogP contribution in [0.4, 0.5) is 0 Å². The van der Waals surface area contributed by atoms with Crippen LogP contribution in [0.2, 0.25) is 10.0 Å². The van der Waals surface area contributed by atoms with Crippen molar-refractivity contribution in [1.29, 1.82) is 0 Å². The van der Waals surface area contributed by atoms with Gasteiger partial charge >= 0.3 is 0 Å². The van der Waals surface area contributed by atoms with Gasteiger partial charge in [0.05, 0.1) is 15.7 Å². The summed E-state index contributed by atoms with van der Waals surface area (Å²) in [5, 5.41) is 3.64. The van der Waals surface area contributed by atoms with Gasteiger partial charge in [0.15, 0.2) is 0 Å². The normalized spacial score (nSPS) is 10.4. The molecule has 0 saturated carbocycles. The van der Waals surface area contributed by atoms with Crippen molar-refractivity contribution < 1.29 is 4.79 Å². The van der Waals surface area contributed by atoms with Crippen LogP contribution in [0.1, 0.15) is 15.9 Å². The number of rotatable bonds is 4. The van der Waals surface area contributed by atoms with Crippen molar-refractivity contribution in [3.05, 3.63) is 82.2 Å². The summed E-state index contributed by atoms with van der Waals surface area (Å²) in [6.45, 7) is 0.352. The van der Waals surface area contributed by atoms with Crippen LogP contribution in [0.3, 0.4) is 0 Å². The van der Waals surface area contributed by atoms with Crippen molar-refractivity contribution in [3.8, 4) is 11.3 Å². The molecule has 0 saturated heterocycles. The summed E-state index contributed by atoms with van der Waals surface area (Å²) in [6.07, 6.45) is 5.14. The molecule has 6 heteroatoms. The molecule has 1 amide bonds. The smallest absolute Gasteiger partial charge is 0.251 e. The Kier molecular flexibility index (Phi) is 5.08. The molecule has 0 aliphatic carbocycles. The highest BCUT2D eigenvalue weighted by molar-refractivity contribution is 6.42. The van der Waals surface area contributed by atoms with Crippen molar-refractivity contribution >= 4 is 29.1 Å². The Balaban J connectivity index is 1.77. The highest BCUT2D eigenvalue weighted by atomic mass is 35.5. The summed E-state index contributed by atoms with van der Waals surface area (Å²) < 4.78 is 0. The third-order valence-corrected chi connectivity index (χ3v) is 4.21. The number of benzene rings is 1. The van der Waals surface area contributed by atoms with E-state index in [0.29, 0.717) is 22.2 Å². The predicted octanol–water partition coefficient (Wildman–Crippen LogP) is 4.38. The molecule has 0 atom stereocenters. The zero-order valence-corrected chi connectivity index (χ0v) is 14.1. The van der Waals surface area contributed by atoms with E-state index in [9.17, 15) is 4.79 Å². The monoisotopic (exact) mass is 357 g/mol. The van der Waals surface area contributed by atoms with E-state index in [2.05, 4.69) is 15.3 Å². The van der Waals surface area contributed by atoms with E-state index in [4.69, 9.17) is 23.2 Å². The highest BCUT2D eigenvalue weighted by Gasteiger charge is 2.10. The molecular weight excluding hydrogens is 345 g/mol. The van der Waals surface area contributed by atoms with Gasteiger partial charge in [0.2, 0.25) is 0 Å². The number of nitrogens with zero attached hydrogens (tertiary/aromatic N) is 2. The molecule has 1 N–H and O–H groups in total. The Bertz CT molecular complexity index is 869. The van der Waals surface area contributed by atoms with Crippen LogP contribution in [0.15, 0.2) is 61.1 Å². The van der Waals surface area contributed by atoms with Crippen LogP contribution in [0.5, 0.6) is 0 Å². The molecule has 0 spiro atoms. The van der Waals surface area contributed by atoms with Crippen LogP contribution in [0, 0.1) is 0 Å². The van der Waals surface area contributed by atoms with Gasteiger partial charge in [0.25, 0.3) is 5.91 Å². The third-order valence-electron chi connectivity index (χ3n) is 3.47. The van der Waals surface area contributed by atoms with E-state index >= 15 is 0 Å². The highest BCUT2D eigenvalue weighted by Crippen LogP contribution is 2.23. The molecule has 0 bridgehead atoms. The number of nitrogens with one attached hydrogen (secondary N) is 1. The van der Waals surface area contributed by atoms with Crippen molar-refractivity contribution in [1.82, 2.24) is 15.3 Å².